The molecule has 5 heteroatoms. The van der Waals surface area contributed by atoms with Gasteiger partial charge in [-0.25, -0.2) is 0 Å². The number of ether oxygens (including phenoxy) is 2. The fourth-order valence-electron chi connectivity index (χ4n) is 7.39. The van der Waals surface area contributed by atoms with Gasteiger partial charge in [-0.05, 0) is 55.3 Å². The minimum atomic E-state index is 0.0721. The first-order valence-electron chi connectivity index (χ1n) is 21.1. The Hall–Kier alpha value is -2.53. The van der Waals surface area contributed by atoms with E-state index in [1.165, 1.54) is 159 Å². The van der Waals surface area contributed by atoms with Gasteiger partial charge in [-0.1, -0.05) is 166 Å². The van der Waals surface area contributed by atoms with Gasteiger partial charge >= 0.3 is 0 Å². The Morgan fingerprint density at radius 3 is 1.86 bits per heavy atom. The van der Waals surface area contributed by atoms with Gasteiger partial charge in [-0.3, -0.25) is 4.79 Å². The molecule has 282 valence electrons. The first kappa shape index (κ1) is 41.9. The molecule has 0 aliphatic heterocycles. The summed E-state index contributed by atoms with van der Waals surface area (Å²) in [5.74, 6) is 2.39. The highest BCUT2D eigenvalue weighted by Gasteiger charge is 2.13. The maximum absolute atomic E-state index is 12.5. The van der Waals surface area contributed by atoms with Crippen LogP contribution in [-0.4, -0.2) is 26.2 Å². The molecule has 0 aromatic heterocycles. The highest BCUT2D eigenvalue weighted by atomic mass is 16.5. The second-order valence-electron chi connectivity index (χ2n) is 15.0. The molecule has 0 saturated heterocycles. The Kier molecular flexibility index (Phi) is 23.5. The zero-order valence-electron chi connectivity index (χ0n) is 32.3. The molecule has 1 saturated carbocycles. The van der Waals surface area contributed by atoms with Crippen LogP contribution in [0.1, 0.15) is 190 Å². The van der Waals surface area contributed by atoms with Crippen molar-refractivity contribution < 1.29 is 14.3 Å². The van der Waals surface area contributed by atoms with Crippen molar-refractivity contribution in [3.8, 4) is 11.5 Å². The summed E-state index contributed by atoms with van der Waals surface area (Å²) in [5.41, 5.74) is 3.78. The van der Waals surface area contributed by atoms with Crippen molar-refractivity contribution in [3.63, 3.8) is 0 Å². The van der Waals surface area contributed by atoms with E-state index in [0.29, 0.717) is 31.9 Å². The van der Waals surface area contributed by atoms with Crippen LogP contribution in [0.15, 0.2) is 42.5 Å². The summed E-state index contributed by atoms with van der Waals surface area (Å²) < 4.78 is 11.6. The fourth-order valence-corrected chi connectivity index (χ4v) is 7.39. The number of hydrogen-bond acceptors (Lipinski definition) is 4. The molecule has 1 fully saturated rings. The molecule has 1 aliphatic rings. The van der Waals surface area contributed by atoms with Gasteiger partial charge in [-0.2, -0.15) is 0 Å². The Balaban J connectivity index is 1.20. The molecule has 0 bridgehead atoms. The minimum Gasteiger partial charge on any atom is -0.496 e. The summed E-state index contributed by atoms with van der Waals surface area (Å²) in [4.78, 5) is 12.5. The third kappa shape index (κ3) is 19.2. The highest BCUT2D eigenvalue weighted by Crippen LogP contribution is 2.30. The number of hydrogen-bond donors (Lipinski definition) is 2. The van der Waals surface area contributed by atoms with Crippen LogP contribution in [-0.2, 0) is 17.9 Å². The molecule has 0 radical (unpaired) electrons. The summed E-state index contributed by atoms with van der Waals surface area (Å²) in [6.45, 7) is 5.20. The van der Waals surface area contributed by atoms with Gasteiger partial charge in [0.2, 0.25) is 5.91 Å². The van der Waals surface area contributed by atoms with Crippen LogP contribution in [0.2, 0.25) is 0 Å². The van der Waals surface area contributed by atoms with Crippen molar-refractivity contribution in [1.82, 2.24) is 10.6 Å². The number of carbonyl (C=O) groups excluding carboxylic acids is 1. The molecule has 50 heavy (non-hydrogen) atoms. The lowest BCUT2D eigenvalue weighted by Crippen LogP contribution is -2.23. The van der Waals surface area contributed by atoms with Crippen LogP contribution >= 0.6 is 0 Å². The first-order valence-corrected chi connectivity index (χ1v) is 21.1. The van der Waals surface area contributed by atoms with E-state index in [1.54, 1.807) is 7.11 Å². The van der Waals surface area contributed by atoms with Gasteiger partial charge in [0.15, 0.2) is 0 Å². The van der Waals surface area contributed by atoms with Gasteiger partial charge in [0.1, 0.15) is 11.5 Å². The van der Waals surface area contributed by atoms with Gasteiger partial charge < -0.3 is 20.1 Å². The Morgan fingerprint density at radius 2 is 1.26 bits per heavy atom. The minimum absolute atomic E-state index is 0.0721. The Bertz CT molecular complexity index is 1110. The maximum Gasteiger partial charge on any atom is 0.220 e. The van der Waals surface area contributed by atoms with E-state index in [4.69, 9.17) is 9.47 Å². The van der Waals surface area contributed by atoms with E-state index in [1.807, 2.05) is 12.1 Å². The lowest BCUT2D eigenvalue weighted by atomic mass is 9.86. The van der Waals surface area contributed by atoms with Crippen LogP contribution in [0.3, 0.4) is 0 Å². The molecule has 2 aromatic carbocycles. The molecular formula is C45H74N2O3. The van der Waals surface area contributed by atoms with Gasteiger partial charge in [0, 0.05) is 31.1 Å². The number of carbonyl (C=O) groups is 1. The van der Waals surface area contributed by atoms with Gasteiger partial charge in [-0.15, -0.1) is 0 Å². The molecule has 0 spiro atoms. The van der Waals surface area contributed by atoms with Crippen LogP contribution in [0, 0.1) is 0 Å². The van der Waals surface area contributed by atoms with E-state index in [-0.39, 0.29) is 5.91 Å². The van der Waals surface area contributed by atoms with Crippen molar-refractivity contribution in [2.75, 3.05) is 20.3 Å². The van der Waals surface area contributed by atoms with E-state index < -0.39 is 0 Å². The van der Waals surface area contributed by atoms with Gasteiger partial charge in [0.25, 0.3) is 0 Å². The molecule has 0 atom stereocenters. The quantitative estimate of drug-likeness (QED) is 0.0965. The molecule has 1 amide bonds. The second-order valence-corrected chi connectivity index (χ2v) is 15.0. The van der Waals surface area contributed by atoms with Crippen molar-refractivity contribution >= 4 is 5.91 Å². The second kappa shape index (κ2) is 28.1. The van der Waals surface area contributed by atoms with Crippen LogP contribution in [0.4, 0.5) is 0 Å². The lowest BCUT2D eigenvalue weighted by molar-refractivity contribution is -0.121. The number of methoxy groups -OCH3 is 1. The predicted molar refractivity (Wildman–Crippen MR) is 212 cm³/mol. The highest BCUT2D eigenvalue weighted by molar-refractivity contribution is 5.75. The third-order valence-electron chi connectivity index (χ3n) is 10.6. The zero-order chi connectivity index (χ0) is 35.3. The van der Waals surface area contributed by atoms with E-state index >= 15 is 0 Å². The third-order valence-corrected chi connectivity index (χ3v) is 10.6. The van der Waals surface area contributed by atoms with Crippen molar-refractivity contribution in [2.45, 2.75) is 186 Å². The maximum atomic E-state index is 12.5. The van der Waals surface area contributed by atoms with Crippen LogP contribution in [0.25, 0.3) is 0 Å². The number of rotatable bonds is 26. The SMILES string of the molecule is CCCCCCCCCCCCCCCCNCc1ccc(OCCCC(=O)NCc2ccc(C3CCCCCCCCC3)cc2)cc1OC. The number of amides is 1. The summed E-state index contributed by atoms with van der Waals surface area (Å²) in [5, 5.41) is 6.68. The number of unbranched alkanes of at least 4 members (excludes halogenated alkanes) is 13. The summed E-state index contributed by atoms with van der Waals surface area (Å²) in [6, 6.07) is 15.0. The average molecular weight is 691 g/mol. The molecule has 3 rings (SSSR count). The molecule has 0 heterocycles. The molecule has 1 aliphatic carbocycles. The first-order chi connectivity index (χ1) is 24.7. The molecule has 2 N–H and O–H groups in total. The van der Waals surface area contributed by atoms with E-state index in [9.17, 15) is 4.79 Å². The zero-order valence-corrected chi connectivity index (χ0v) is 32.3. The lowest BCUT2D eigenvalue weighted by Gasteiger charge is -2.19. The van der Waals surface area contributed by atoms with E-state index in [2.05, 4.69) is 47.9 Å². The number of nitrogens with one attached hydrogen (secondary N) is 2. The van der Waals surface area contributed by atoms with Crippen molar-refractivity contribution in [1.29, 1.82) is 0 Å². The van der Waals surface area contributed by atoms with Crippen LogP contribution in [0.5, 0.6) is 11.5 Å². The standard InChI is InChI=1S/C45H74N2O3/c1-3-4-5-6-7-8-9-10-11-12-13-17-20-23-34-46-38-42-32-33-43(36-44(42)49-2)50-35-24-27-45(48)47-37-39-28-30-41(31-29-39)40-25-21-18-15-14-16-19-22-26-40/h28-33,36,40,46H,3-27,34-35,37-38H2,1-2H3,(H,47,48). The summed E-state index contributed by atoms with van der Waals surface area (Å²) in [7, 11) is 1.72. The molecule has 5 nitrogen and oxygen atoms in total. The predicted octanol–water partition coefficient (Wildman–Crippen LogP) is 12.3. The van der Waals surface area contributed by atoms with E-state index in [0.717, 1.165) is 30.2 Å². The summed E-state index contributed by atoms with van der Waals surface area (Å²) >= 11 is 0. The fraction of sp³-hybridized carbons (Fsp3) is 0.711. The Morgan fingerprint density at radius 1 is 0.680 bits per heavy atom. The monoisotopic (exact) mass is 691 g/mol. The normalized spacial score (nSPS) is 14.4. The van der Waals surface area contributed by atoms with Gasteiger partial charge in [0.05, 0.1) is 13.7 Å². The van der Waals surface area contributed by atoms with Crippen LogP contribution < -0.4 is 20.1 Å². The molecule has 0 unspecified atom stereocenters. The molecule has 2 aromatic rings. The number of benzene rings is 2. The smallest absolute Gasteiger partial charge is 0.220 e. The van der Waals surface area contributed by atoms with Crippen molar-refractivity contribution in [3.05, 3.63) is 59.2 Å². The topological polar surface area (TPSA) is 59.6 Å². The van der Waals surface area contributed by atoms with Crippen molar-refractivity contribution in [2.24, 2.45) is 0 Å². The summed E-state index contributed by atoms with van der Waals surface area (Å²) in [6.07, 6.45) is 32.9. The average Bonchev–Trinajstić information content (AvgIpc) is 3.15. The molecular weight excluding hydrogens is 617 g/mol. The largest absolute Gasteiger partial charge is 0.496 e. The Labute approximate surface area is 307 Å².